The van der Waals surface area contributed by atoms with Gasteiger partial charge in [0.2, 0.25) is 0 Å². The number of nitrogens with one attached hydrogen (secondary N) is 1. The predicted molar refractivity (Wildman–Crippen MR) is 71.1 cm³/mol. The highest BCUT2D eigenvalue weighted by atomic mass is 19.1. The Morgan fingerprint density at radius 2 is 2.06 bits per heavy atom. The average Bonchev–Trinajstić information content (AvgIpc) is 2.37. The average molecular weight is 251 g/mol. The zero-order valence-corrected chi connectivity index (χ0v) is 11.3. The second-order valence-corrected chi connectivity index (χ2v) is 5.26. The molecule has 1 heterocycles. The molecule has 1 unspecified atom stereocenters. The van der Waals surface area contributed by atoms with Gasteiger partial charge in [0, 0.05) is 19.7 Å². The van der Waals surface area contributed by atoms with E-state index in [4.69, 9.17) is 4.74 Å². The molecule has 1 aromatic rings. The Morgan fingerprint density at radius 3 is 2.67 bits per heavy atom. The molecule has 1 fully saturated rings. The van der Waals surface area contributed by atoms with Gasteiger partial charge in [-0.3, -0.25) is 0 Å². The van der Waals surface area contributed by atoms with Crippen molar-refractivity contribution in [3.8, 4) is 0 Å². The fourth-order valence-corrected chi connectivity index (χ4v) is 2.53. The molecule has 3 heteroatoms. The Bertz CT molecular complexity index is 376. The quantitative estimate of drug-likeness (QED) is 0.888. The molecule has 1 N–H and O–H groups in total. The SMILES string of the molecule is Cc1cc(CNCC2CCCOC2)cc(C)c1F. The fourth-order valence-electron chi connectivity index (χ4n) is 2.53. The van der Waals surface area contributed by atoms with E-state index in [2.05, 4.69) is 5.32 Å². The molecule has 1 saturated heterocycles. The van der Waals surface area contributed by atoms with Crippen molar-refractivity contribution in [3.05, 3.63) is 34.6 Å². The van der Waals surface area contributed by atoms with Crippen LogP contribution in [0.15, 0.2) is 12.1 Å². The number of rotatable bonds is 4. The number of ether oxygens (including phenoxy) is 1. The molecular formula is C15H22FNO. The monoisotopic (exact) mass is 251 g/mol. The largest absolute Gasteiger partial charge is 0.381 e. The van der Waals surface area contributed by atoms with Gasteiger partial charge in [-0.1, -0.05) is 12.1 Å². The van der Waals surface area contributed by atoms with Gasteiger partial charge in [0.15, 0.2) is 0 Å². The van der Waals surface area contributed by atoms with Crippen LogP contribution in [0.4, 0.5) is 4.39 Å². The van der Waals surface area contributed by atoms with Gasteiger partial charge in [-0.05, 0) is 49.3 Å². The van der Waals surface area contributed by atoms with Crippen LogP contribution in [-0.4, -0.2) is 19.8 Å². The van der Waals surface area contributed by atoms with Gasteiger partial charge in [0.25, 0.3) is 0 Å². The van der Waals surface area contributed by atoms with E-state index in [0.717, 1.165) is 43.0 Å². The van der Waals surface area contributed by atoms with Crippen LogP contribution in [-0.2, 0) is 11.3 Å². The Labute approximate surface area is 109 Å². The zero-order chi connectivity index (χ0) is 13.0. The molecular weight excluding hydrogens is 229 g/mol. The summed E-state index contributed by atoms with van der Waals surface area (Å²) in [6.45, 7) is 7.21. The highest BCUT2D eigenvalue weighted by molar-refractivity contribution is 5.30. The van der Waals surface area contributed by atoms with E-state index in [1.54, 1.807) is 0 Å². The van der Waals surface area contributed by atoms with Gasteiger partial charge < -0.3 is 10.1 Å². The van der Waals surface area contributed by atoms with Crippen LogP contribution >= 0.6 is 0 Å². The van der Waals surface area contributed by atoms with Crippen LogP contribution in [0, 0.1) is 25.6 Å². The van der Waals surface area contributed by atoms with Crippen LogP contribution in [0.2, 0.25) is 0 Å². The topological polar surface area (TPSA) is 21.3 Å². The molecule has 1 aliphatic heterocycles. The first-order valence-electron chi connectivity index (χ1n) is 6.71. The van der Waals surface area contributed by atoms with E-state index >= 15 is 0 Å². The minimum atomic E-state index is -0.0839. The normalized spacial score (nSPS) is 20.1. The molecule has 0 radical (unpaired) electrons. The van der Waals surface area contributed by atoms with Crippen LogP contribution < -0.4 is 5.32 Å². The van der Waals surface area contributed by atoms with E-state index in [-0.39, 0.29) is 5.82 Å². The molecule has 1 aromatic carbocycles. The first kappa shape index (κ1) is 13.5. The van der Waals surface area contributed by atoms with Crippen molar-refractivity contribution in [2.24, 2.45) is 5.92 Å². The Morgan fingerprint density at radius 1 is 1.33 bits per heavy atom. The third-order valence-electron chi connectivity index (χ3n) is 3.51. The third-order valence-corrected chi connectivity index (χ3v) is 3.51. The Balaban J connectivity index is 1.82. The Kier molecular flexibility index (Phi) is 4.72. The highest BCUT2D eigenvalue weighted by Gasteiger charge is 2.13. The number of aryl methyl sites for hydroxylation is 2. The van der Waals surface area contributed by atoms with Crippen molar-refractivity contribution in [3.63, 3.8) is 0 Å². The molecule has 0 spiro atoms. The highest BCUT2D eigenvalue weighted by Crippen LogP contribution is 2.15. The van der Waals surface area contributed by atoms with Crippen LogP contribution in [0.5, 0.6) is 0 Å². The Hall–Kier alpha value is -0.930. The van der Waals surface area contributed by atoms with Crippen molar-refractivity contribution in [1.29, 1.82) is 0 Å². The lowest BCUT2D eigenvalue weighted by molar-refractivity contribution is 0.0547. The summed E-state index contributed by atoms with van der Waals surface area (Å²) in [5, 5.41) is 3.44. The number of halogens is 1. The fraction of sp³-hybridized carbons (Fsp3) is 0.600. The van der Waals surface area contributed by atoms with Crippen LogP contribution in [0.3, 0.4) is 0 Å². The lowest BCUT2D eigenvalue weighted by atomic mass is 10.0. The lowest BCUT2D eigenvalue weighted by Gasteiger charge is -2.22. The predicted octanol–water partition coefficient (Wildman–Crippen LogP) is 2.96. The summed E-state index contributed by atoms with van der Waals surface area (Å²) < 4.78 is 18.9. The summed E-state index contributed by atoms with van der Waals surface area (Å²) in [5.74, 6) is 0.542. The summed E-state index contributed by atoms with van der Waals surface area (Å²) in [4.78, 5) is 0. The standard InChI is InChI=1S/C15H22FNO/c1-11-6-14(7-12(2)15(11)16)9-17-8-13-4-3-5-18-10-13/h6-7,13,17H,3-5,8-10H2,1-2H3. The maximum absolute atomic E-state index is 13.5. The van der Waals surface area contributed by atoms with Crippen molar-refractivity contribution in [2.45, 2.75) is 33.2 Å². The van der Waals surface area contributed by atoms with E-state index in [9.17, 15) is 4.39 Å². The van der Waals surface area contributed by atoms with Gasteiger partial charge in [-0.2, -0.15) is 0 Å². The third kappa shape index (κ3) is 3.53. The van der Waals surface area contributed by atoms with Gasteiger partial charge in [0.05, 0.1) is 6.61 Å². The number of benzene rings is 1. The second kappa shape index (κ2) is 6.30. The first-order valence-corrected chi connectivity index (χ1v) is 6.71. The van der Waals surface area contributed by atoms with Crippen molar-refractivity contribution in [2.75, 3.05) is 19.8 Å². The van der Waals surface area contributed by atoms with Gasteiger partial charge in [-0.15, -0.1) is 0 Å². The molecule has 18 heavy (non-hydrogen) atoms. The molecule has 2 rings (SSSR count). The van der Waals surface area contributed by atoms with Gasteiger partial charge in [-0.25, -0.2) is 4.39 Å². The molecule has 0 saturated carbocycles. The van der Waals surface area contributed by atoms with Gasteiger partial charge in [0.1, 0.15) is 5.82 Å². The molecule has 0 bridgehead atoms. The van der Waals surface area contributed by atoms with E-state index < -0.39 is 0 Å². The van der Waals surface area contributed by atoms with Crippen molar-refractivity contribution < 1.29 is 9.13 Å². The molecule has 0 aromatic heterocycles. The molecule has 1 aliphatic rings. The van der Waals surface area contributed by atoms with E-state index in [1.807, 2.05) is 26.0 Å². The van der Waals surface area contributed by atoms with Crippen LogP contribution in [0.25, 0.3) is 0 Å². The summed E-state index contributed by atoms with van der Waals surface area (Å²) >= 11 is 0. The summed E-state index contributed by atoms with van der Waals surface area (Å²) in [6, 6.07) is 3.85. The summed E-state index contributed by atoms with van der Waals surface area (Å²) in [6.07, 6.45) is 2.41. The molecule has 1 atom stereocenters. The molecule has 0 aliphatic carbocycles. The van der Waals surface area contributed by atoms with Gasteiger partial charge >= 0.3 is 0 Å². The molecule has 0 amide bonds. The maximum Gasteiger partial charge on any atom is 0.129 e. The lowest BCUT2D eigenvalue weighted by Crippen LogP contribution is -2.28. The molecule has 100 valence electrons. The summed E-state index contributed by atoms with van der Waals surface area (Å²) in [7, 11) is 0. The first-order chi connectivity index (χ1) is 8.66. The zero-order valence-electron chi connectivity index (χ0n) is 11.3. The smallest absolute Gasteiger partial charge is 0.129 e. The van der Waals surface area contributed by atoms with E-state index in [0.29, 0.717) is 5.92 Å². The summed E-state index contributed by atoms with van der Waals surface area (Å²) in [5.41, 5.74) is 2.61. The minimum Gasteiger partial charge on any atom is -0.381 e. The van der Waals surface area contributed by atoms with Crippen molar-refractivity contribution in [1.82, 2.24) is 5.32 Å². The van der Waals surface area contributed by atoms with Crippen molar-refractivity contribution >= 4 is 0 Å². The minimum absolute atomic E-state index is 0.0839. The van der Waals surface area contributed by atoms with Crippen LogP contribution in [0.1, 0.15) is 29.5 Å². The number of hydrogen-bond acceptors (Lipinski definition) is 2. The molecule has 2 nitrogen and oxygen atoms in total. The number of hydrogen-bond donors (Lipinski definition) is 1. The van der Waals surface area contributed by atoms with E-state index in [1.165, 1.54) is 12.8 Å². The second-order valence-electron chi connectivity index (χ2n) is 5.26. The maximum atomic E-state index is 13.5.